The number of amides is 1. The molecule has 0 aliphatic heterocycles. The fourth-order valence-electron chi connectivity index (χ4n) is 4.23. The number of primary amides is 1. The quantitative estimate of drug-likeness (QED) is 0.345. The number of nitrogens with zero attached hydrogens (tertiary/aromatic N) is 1. The van der Waals surface area contributed by atoms with Gasteiger partial charge in [-0.05, 0) is 73.1 Å². The van der Waals surface area contributed by atoms with Gasteiger partial charge in [0, 0.05) is 23.2 Å². The Morgan fingerprint density at radius 2 is 1.76 bits per heavy atom. The van der Waals surface area contributed by atoms with Crippen LogP contribution in [-0.4, -0.2) is 10.5 Å². The normalized spacial score (nSPS) is 11.1. The summed E-state index contributed by atoms with van der Waals surface area (Å²) in [7, 11) is 0. The van der Waals surface area contributed by atoms with Gasteiger partial charge in [0.2, 0.25) is 5.43 Å². The maximum absolute atomic E-state index is 13.0. The molecule has 0 atom stereocenters. The van der Waals surface area contributed by atoms with E-state index < -0.39 is 5.91 Å². The van der Waals surface area contributed by atoms with Crippen molar-refractivity contribution in [1.29, 1.82) is 0 Å². The van der Waals surface area contributed by atoms with Crippen LogP contribution in [0.25, 0.3) is 10.9 Å². The zero-order valence-corrected chi connectivity index (χ0v) is 19.4. The second kappa shape index (κ2) is 10.1. The number of carbonyl (C=O) groups excluding carboxylic acids is 1. The highest BCUT2D eigenvalue weighted by molar-refractivity contribution is 6.31. The van der Waals surface area contributed by atoms with Crippen LogP contribution in [0.1, 0.15) is 45.5 Å². The first-order valence-corrected chi connectivity index (χ1v) is 11.6. The maximum Gasteiger partial charge on any atom is 0.254 e. The number of aromatic nitrogens is 1. The maximum atomic E-state index is 13.0. The van der Waals surface area contributed by atoms with Crippen LogP contribution >= 0.6 is 11.6 Å². The average Bonchev–Trinajstić information content (AvgIpc) is 2.81. The van der Waals surface area contributed by atoms with Crippen molar-refractivity contribution in [1.82, 2.24) is 4.57 Å². The van der Waals surface area contributed by atoms with Gasteiger partial charge in [-0.15, -0.1) is 0 Å². The third kappa shape index (κ3) is 5.18. The van der Waals surface area contributed by atoms with Gasteiger partial charge in [-0.25, -0.2) is 0 Å². The van der Waals surface area contributed by atoms with Gasteiger partial charge in [-0.2, -0.15) is 0 Å². The summed E-state index contributed by atoms with van der Waals surface area (Å²) in [6.07, 6.45) is 5.19. The van der Waals surface area contributed by atoms with Crippen molar-refractivity contribution < 1.29 is 4.79 Å². The van der Waals surface area contributed by atoms with Crippen molar-refractivity contribution >= 4 is 28.4 Å². The number of hydrogen-bond donors (Lipinski definition) is 1. The lowest BCUT2D eigenvalue weighted by Crippen LogP contribution is -2.24. The summed E-state index contributed by atoms with van der Waals surface area (Å²) in [5.74, 6) is -0.698. The first-order valence-electron chi connectivity index (χ1n) is 11.2. The highest BCUT2D eigenvalue weighted by atomic mass is 35.5. The fraction of sp³-hybridized carbons (Fsp3) is 0.214. The molecular formula is C28H27ClN2O2. The second-order valence-corrected chi connectivity index (χ2v) is 8.83. The summed E-state index contributed by atoms with van der Waals surface area (Å²) >= 11 is 6.27. The molecule has 0 radical (unpaired) electrons. The molecule has 5 heteroatoms. The topological polar surface area (TPSA) is 65.1 Å². The Bertz CT molecular complexity index is 1360. The summed E-state index contributed by atoms with van der Waals surface area (Å²) in [6.45, 7) is 2.70. The van der Waals surface area contributed by atoms with E-state index in [0.29, 0.717) is 18.4 Å². The van der Waals surface area contributed by atoms with Crippen molar-refractivity contribution in [3.8, 4) is 0 Å². The first-order chi connectivity index (χ1) is 15.9. The van der Waals surface area contributed by atoms with Crippen molar-refractivity contribution in [2.75, 3.05) is 0 Å². The van der Waals surface area contributed by atoms with Crippen LogP contribution in [0.4, 0.5) is 0 Å². The van der Waals surface area contributed by atoms with Crippen LogP contribution in [0.3, 0.4) is 0 Å². The summed E-state index contributed by atoms with van der Waals surface area (Å²) < 4.78 is 1.98. The molecule has 33 heavy (non-hydrogen) atoms. The van der Waals surface area contributed by atoms with Gasteiger partial charge in [0.1, 0.15) is 5.56 Å². The zero-order valence-electron chi connectivity index (χ0n) is 18.7. The number of carbonyl (C=O) groups is 1. The Balaban J connectivity index is 1.62. The largest absolute Gasteiger partial charge is 0.365 e. The summed E-state index contributed by atoms with van der Waals surface area (Å²) in [4.78, 5) is 25.0. The molecule has 1 aromatic heterocycles. The monoisotopic (exact) mass is 458 g/mol. The van der Waals surface area contributed by atoms with E-state index in [0.717, 1.165) is 46.5 Å². The van der Waals surface area contributed by atoms with E-state index in [1.54, 1.807) is 6.20 Å². The zero-order chi connectivity index (χ0) is 23.4. The van der Waals surface area contributed by atoms with Crippen LogP contribution in [0.15, 0.2) is 77.7 Å². The standard InChI is InChI=1S/C28H27ClN2O2/c1-19-22(11-7-12-25(19)29)16-21-13-14-26-23(17-21)27(32)24(28(30)33)18-31(26)15-6-5-10-20-8-3-2-4-9-20/h2-4,7-9,11-14,17-18H,5-6,10,15-16H2,1H3,(H2,30,33). The third-order valence-electron chi connectivity index (χ3n) is 6.14. The van der Waals surface area contributed by atoms with Gasteiger partial charge in [-0.1, -0.05) is 60.1 Å². The van der Waals surface area contributed by atoms with Gasteiger partial charge >= 0.3 is 0 Å². The molecule has 0 aliphatic carbocycles. The molecular weight excluding hydrogens is 432 g/mol. The van der Waals surface area contributed by atoms with Gasteiger partial charge < -0.3 is 10.3 Å². The van der Waals surface area contributed by atoms with E-state index in [1.807, 2.05) is 66.1 Å². The Hall–Kier alpha value is -3.37. The number of benzene rings is 3. The lowest BCUT2D eigenvalue weighted by atomic mass is 9.98. The Morgan fingerprint density at radius 1 is 0.970 bits per heavy atom. The number of aryl methyl sites for hydroxylation is 2. The van der Waals surface area contributed by atoms with Crippen LogP contribution < -0.4 is 11.2 Å². The van der Waals surface area contributed by atoms with Crippen molar-refractivity contribution in [2.45, 2.75) is 39.2 Å². The Labute approximate surface area is 198 Å². The molecule has 1 heterocycles. The second-order valence-electron chi connectivity index (χ2n) is 8.42. The van der Waals surface area contributed by atoms with Crippen molar-refractivity contribution in [2.24, 2.45) is 5.73 Å². The minimum absolute atomic E-state index is 0.0293. The highest BCUT2D eigenvalue weighted by Crippen LogP contribution is 2.23. The van der Waals surface area contributed by atoms with Gasteiger partial charge in [0.15, 0.2) is 0 Å². The van der Waals surface area contributed by atoms with Crippen LogP contribution in [-0.2, 0) is 19.4 Å². The Morgan fingerprint density at radius 3 is 2.52 bits per heavy atom. The van der Waals surface area contributed by atoms with E-state index in [2.05, 4.69) is 12.1 Å². The van der Waals surface area contributed by atoms with E-state index in [-0.39, 0.29) is 11.0 Å². The molecule has 0 saturated carbocycles. The van der Waals surface area contributed by atoms with Gasteiger partial charge in [0.05, 0.1) is 5.52 Å². The summed E-state index contributed by atoms with van der Waals surface area (Å²) in [5.41, 5.74) is 10.5. The molecule has 168 valence electrons. The van der Waals surface area contributed by atoms with E-state index in [9.17, 15) is 9.59 Å². The lowest BCUT2D eigenvalue weighted by Gasteiger charge is -2.14. The molecule has 4 rings (SSSR count). The predicted molar refractivity (Wildman–Crippen MR) is 135 cm³/mol. The van der Waals surface area contributed by atoms with Crippen LogP contribution in [0, 0.1) is 6.92 Å². The number of unbranched alkanes of at least 4 members (excludes halogenated alkanes) is 1. The Kier molecular flexibility index (Phi) is 6.95. The molecule has 4 aromatic rings. The third-order valence-corrected chi connectivity index (χ3v) is 6.55. The molecule has 0 saturated heterocycles. The highest BCUT2D eigenvalue weighted by Gasteiger charge is 2.14. The minimum Gasteiger partial charge on any atom is -0.365 e. The molecule has 0 bridgehead atoms. The lowest BCUT2D eigenvalue weighted by molar-refractivity contribution is 0.0998. The van der Waals surface area contributed by atoms with Crippen LogP contribution in [0.5, 0.6) is 0 Å². The number of nitrogens with two attached hydrogens (primary N) is 1. The summed E-state index contributed by atoms with van der Waals surface area (Å²) in [5, 5.41) is 1.24. The molecule has 4 nitrogen and oxygen atoms in total. The minimum atomic E-state index is -0.698. The predicted octanol–water partition coefficient (Wildman–Crippen LogP) is 5.68. The number of halogens is 1. The first kappa shape index (κ1) is 22.8. The molecule has 0 aliphatic rings. The smallest absolute Gasteiger partial charge is 0.254 e. The van der Waals surface area contributed by atoms with Crippen molar-refractivity contribution in [3.63, 3.8) is 0 Å². The number of rotatable bonds is 8. The SMILES string of the molecule is Cc1c(Cl)cccc1Cc1ccc2c(c1)c(=O)c(C(N)=O)cn2CCCCc1ccccc1. The molecule has 3 aromatic carbocycles. The molecule has 0 spiro atoms. The fourth-order valence-corrected chi connectivity index (χ4v) is 4.43. The number of hydrogen-bond acceptors (Lipinski definition) is 2. The number of fused-ring (bicyclic) bond motifs is 1. The average molecular weight is 459 g/mol. The van der Waals surface area contributed by atoms with Gasteiger partial charge in [0.25, 0.3) is 5.91 Å². The molecule has 0 unspecified atom stereocenters. The van der Waals surface area contributed by atoms with E-state index in [4.69, 9.17) is 17.3 Å². The van der Waals surface area contributed by atoms with E-state index >= 15 is 0 Å². The summed E-state index contributed by atoms with van der Waals surface area (Å²) in [6, 6.07) is 22.1. The molecule has 1 amide bonds. The van der Waals surface area contributed by atoms with Crippen LogP contribution in [0.2, 0.25) is 5.02 Å². The van der Waals surface area contributed by atoms with Crippen molar-refractivity contribution in [3.05, 3.63) is 116 Å². The molecule has 2 N–H and O–H groups in total. The van der Waals surface area contributed by atoms with Gasteiger partial charge in [-0.3, -0.25) is 9.59 Å². The molecule has 0 fully saturated rings. The van der Waals surface area contributed by atoms with E-state index in [1.165, 1.54) is 5.56 Å². The number of pyridine rings is 1.